The third-order valence-corrected chi connectivity index (χ3v) is 6.04. The summed E-state index contributed by atoms with van der Waals surface area (Å²) in [7, 11) is 0. The van der Waals surface area contributed by atoms with E-state index in [4.69, 9.17) is 25.4 Å². The molecule has 0 aromatic heterocycles. The number of nitrogens with one attached hydrogen (secondary N) is 1. The number of ether oxygens (including phenoxy) is 2. The molecule has 2 rings (SSSR count). The van der Waals surface area contributed by atoms with E-state index in [2.05, 4.69) is 25.4 Å². The summed E-state index contributed by atoms with van der Waals surface area (Å²) in [6, 6.07) is 2.88. The number of azide groups is 2. The Hall–Kier alpha value is -4.48. The molecule has 0 saturated carbocycles. The quantitative estimate of drug-likeness (QED) is 0.0738. The first kappa shape index (κ1) is 32.7. The van der Waals surface area contributed by atoms with E-state index in [1.807, 2.05) is 0 Å². The zero-order valence-corrected chi connectivity index (χ0v) is 23.2. The molecule has 0 spiro atoms. The maximum Gasteiger partial charge on any atom is 0.364 e. The topological polar surface area (TPSA) is 209 Å². The summed E-state index contributed by atoms with van der Waals surface area (Å²) in [4.78, 5) is 59.1. The maximum atomic E-state index is 13.0. The van der Waals surface area contributed by atoms with Crippen molar-refractivity contribution in [3.05, 3.63) is 44.1 Å². The lowest BCUT2D eigenvalue weighted by molar-refractivity contribution is -0.172. The molecule has 1 aliphatic heterocycles. The van der Waals surface area contributed by atoms with E-state index in [-0.39, 0.29) is 30.9 Å². The van der Waals surface area contributed by atoms with Crippen LogP contribution in [0.3, 0.4) is 0 Å². The summed E-state index contributed by atoms with van der Waals surface area (Å²) in [5.41, 5.74) is 17.3. The monoisotopic (exact) mass is 572 g/mol. The van der Waals surface area contributed by atoms with E-state index in [0.29, 0.717) is 61.3 Å². The lowest BCUT2D eigenvalue weighted by Gasteiger charge is -2.19. The molecule has 3 amide bonds. The van der Waals surface area contributed by atoms with Crippen LogP contribution in [0.15, 0.2) is 22.4 Å². The van der Waals surface area contributed by atoms with Gasteiger partial charge in [0.1, 0.15) is 11.5 Å². The molecule has 15 nitrogen and oxygen atoms in total. The fourth-order valence-corrected chi connectivity index (χ4v) is 3.91. The number of amides is 3. The van der Waals surface area contributed by atoms with E-state index in [9.17, 15) is 19.2 Å². The molecule has 1 aliphatic rings. The van der Waals surface area contributed by atoms with Crippen LogP contribution in [0.1, 0.15) is 87.1 Å². The smallest absolute Gasteiger partial charge is 0.364 e. The van der Waals surface area contributed by atoms with E-state index in [1.165, 1.54) is 19.1 Å². The van der Waals surface area contributed by atoms with Gasteiger partial charge in [0.2, 0.25) is 5.91 Å². The van der Waals surface area contributed by atoms with Crippen molar-refractivity contribution in [3.8, 4) is 11.5 Å². The van der Waals surface area contributed by atoms with E-state index in [0.717, 1.165) is 38.5 Å². The van der Waals surface area contributed by atoms with Crippen molar-refractivity contribution in [1.29, 1.82) is 0 Å². The fraction of sp³-hybridized carbons (Fsp3) is 0.615. The molecule has 1 aromatic carbocycles. The molecule has 1 fully saturated rings. The number of imide groups is 1. The number of hydrogen-bond donors (Lipinski definition) is 1. The number of hydroxylamine groups is 2. The molecule has 0 bridgehead atoms. The molecule has 1 heterocycles. The van der Waals surface area contributed by atoms with Crippen molar-refractivity contribution in [2.45, 2.75) is 77.7 Å². The van der Waals surface area contributed by atoms with Gasteiger partial charge in [-0.15, -0.1) is 5.06 Å². The zero-order valence-electron chi connectivity index (χ0n) is 23.2. The number of carbonyl (C=O) groups is 4. The first-order chi connectivity index (χ1) is 19.9. The summed E-state index contributed by atoms with van der Waals surface area (Å²) < 4.78 is 12.0. The highest BCUT2D eigenvalue weighted by Gasteiger charge is 2.33. The third kappa shape index (κ3) is 12.1. The first-order valence-corrected chi connectivity index (χ1v) is 13.6. The standard InChI is InChI=1S/C26H36N8O7/c1-19(35)29-18-21-22(39-14-8-4-2-6-12-30-32-27)16-20(26(38)41-34-24(36)10-11-25(34)37)17-23(21)40-15-9-5-3-7-13-31-33-28/h16-17H,2-15,18H2,1H3,(H,29,35). The second-order valence-corrected chi connectivity index (χ2v) is 9.26. The summed E-state index contributed by atoms with van der Waals surface area (Å²) in [5.74, 6) is -1.79. The molecule has 1 saturated heterocycles. The average Bonchev–Trinajstić information content (AvgIpc) is 3.27. The Kier molecular flexibility index (Phi) is 15.0. The Morgan fingerprint density at radius 2 is 1.34 bits per heavy atom. The largest absolute Gasteiger partial charge is 0.493 e. The maximum absolute atomic E-state index is 13.0. The van der Waals surface area contributed by atoms with Crippen molar-refractivity contribution in [3.63, 3.8) is 0 Å². The van der Waals surface area contributed by atoms with Crippen molar-refractivity contribution >= 4 is 23.7 Å². The van der Waals surface area contributed by atoms with Gasteiger partial charge in [-0.05, 0) is 48.9 Å². The van der Waals surface area contributed by atoms with Crippen LogP contribution in [-0.4, -0.2) is 55.1 Å². The van der Waals surface area contributed by atoms with Crippen LogP contribution in [0.25, 0.3) is 20.9 Å². The second-order valence-electron chi connectivity index (χ2n) is 9.26. The van der Waals surface area contributed by atoms with Gasteiger partial charge < -0.3 is 19.6 Å². The number of rotatable bonds is 20. The number of nitrogens with zero attached hydrogens (tertiary/aromatic N) is 7. The van der Waals surface area contributed by atoms with Crippen LogP contribution in [0, 0.1) is 0 Å². The van der Waals surface area contributed by atoms with E-state index in [1.54, 1.807) is 0 Å². The number of carbonyl (C=O) groups excluding carboxylic acids is 4. The Morgan fingerprint density at radius 3 is 1.80 bits per heavy atom. The van der Waals surface area contributed by atoms with Gasteiger partial charge in [0.15, 0.2) is 0 Å². The van der Waals surface area contributed by atoms with E-state index >= 15 is 0 Å². The van der Waals surface area contributed by atoms with Crippen LogP contribution in [0.5, 0.6) is 11.5 Å². The fourth-order valence-electron chi connectivity index (χ4n) is 3.91. The molecule has 1 N–H and O–H groups in total. The lowest BCUT2D eigenvalue weighted by atomic mass is 10.1. The van der Waals surface area contributed by atoms with E-state index < -0.39 is 17.8 Å². The molecule has 1 aromatic rings. The van der Waals surface area contributed by atoms with Gasteiger partial charge in [0.25, 0.3) is 11.8 Å². The van der Waals surface area contributed by atoms with Gasteiger partial charge in [0.05, 0.1) is 30.9 Å². The van der Waals surface area contributed by atoms with Crippen LogP contribution >= 0.6 is 0 Å². The van der Waals surface area contributed by atoms with Crippen LogP contribution in [0.4, 0.5) is 0 Å². The van der Waals surface area contributed by atoms with Crippen LogP contribution in [0.2, 0.25) is 0 Å². The lowest BCUT2D eigenvalue weighted by Crippen LogP contribution is -2.32. The second kappa shape index (κ2) is 18.7. The summed E-state index contributed by atoms with van der Waals surface area (Å²) in [5, 5.41) is 10.2. The molecular formula is C26H36N8O7. The first-order valence-electron chi connectivity index (χ1n) is 13.6. The normalized spacial score (nSPS) is 12.4. The third-order valence-electron chi connectivity index (χ3n) is 6.04. The minimum atomic E-state index is -0.925. The highest BCUT2D eigenvalue weighted by molar-refractivity contribution is 6.02. The summed E-state index contributed by atoms with van der Waals surface area (Å²) in [6.45, 7) is 2.93. The highest BCUT2D eigenvalue weighted by Crippen LogP contribution is 2.32. The number of unbranched alkanes of at least 4 members (excludes halogenated alkanes) is 6. The minimum Gasteiger partial charge on any atom is -0.493 e. The molecule has 0 unspecified atom stereocenters. The van der Waals surface area contributed by atoms with Gasteiger partial charge in [-0.2, -0.15) is 0 Å². The number of benzene rings is 1. The van der Waals surface area contributed by atoms with Crippen molar-refractivity contribution in [1.82, 2.24) is 10.4 Å². The molecule has 0 radical (unpaired) electrons. The van der Waals surface area contributed by atoms with Crippen LogP contribution in [-0.2, 0) is 25.8 Å². The van der Waals surface area contributed by atoms with Gasteiger partial charge >= 0.3 is 5.97 Å². The van der Waals surface area contributed by atoms with Gasteiger partial charge in [-0.1, -0.05) is 35.9 Å². The molecule has 0 atom stereocenters. The Balaban J connectivity index is 2.19. The SMILES string of the molecule is CC(=O)NCc1c(OCCCCCCN=[N+]=[N-])cc(C(=O)ON2C(=O)CCC2=O)cc1OCCCCCCN=[N+]=[N-]. The van der Waals surface area contributed by atoms with Crippen molar-refractivity contribution in [2.24, 2.45) is 10.2 Å². The average molecular weight is 573 g/mol. The van der Waals surface area contributed by atoms with Gasteiger partial charge in [0, 0.05) is 42.7 Å². The number of hydrogen-bond acceptors (Lipinski definition) is 9. The van der Waals surface area contributed by atoms with Crippen LogP contribution < -0.4 is 14.8 Å². The molecule has 41 heavy (non-hydrogen) atoms. The summed E-state index contributed by atoms with van der Waals surface area (Å²) in [6.07, 6.45) is 6.18. The van der Waals surface area contributed by atoms with Crippen molar-refractivity contribution in [2.75, 3.05) is 26.3 Å². The molecular weight excluding hydrogens is 536 g/mol. The van der Waals surface area contributed by atoms with Gasteiger partial charge in [-0.3, -0.25) is 14.4 Å². The predicted octanol–water partition coefficient (Wildman–Crippen LogP) is 5.04. The molecule has 0 aliphatic carbocycles. The predicted molar refractivity (Wildman–Crippen MR) is 146 cm³/mol. The Bertz CT molecular complexity index is 1090. The Morgan fingerprint density at radius 1 is 0.854 bits per heavy atom. The minimum absolute atomic E-state index is 0.0119. The summed E-state index contributed by atoms with van der Waals surface area (Å²) >= 11 is 0. The highest BCUT2D eigenvalue weighted by atomic mass is 16.7. The molecule has 15 heteroatoms. The molecule has 222 valence electrons. The zero-order chi connectivity index (χ0) is 29.9. The van der Waals surface area contributed by atoms with Gasteiger partial charge in [-0.25, -0.2) is 4.79 Å². The Labute approximate surface area is 237 Å². The van der Waals surface area contributed by atoms with Crippen molar-refractivity contribution < 1.29 is 33.5 Å².